The second-order valence-corrected chi connectivity index (χ2v) is 5.08. The van der Waals surface area contributed by atoms with Gasteiger partial charge in [-0.15, -0.1) is 0 Å². The van der Waals surface area contributed by atoms with E-state index in [-0.39, 0.29) is 6.10 Å². The first-order valence-corrected chi connectivity index (χ1v) is 6.40. The van der Waals surface area contributed by atoms with Gasteiger partial charge in [0.05, 0.1) is 11.8 Å². The van der Waals surface area contributed by atoms with E-state index in [0.29, 0.717) is 11.4 Å². The van der Waals surface area contributed by atoms with Gasteiger partial charge in [-0.25, -0.2) is 5.14 Å². The standard InChI is InChI=1S/C10H16N2O3S/c1-7(2)15-9-4-5-10(8(3)6-9)12-16(11,13)14/h4-7,12H,1-3H3,(H2,11,13,14). The molecule has 0 unspecified atom stereocenters. The SMILES string of the molecule is Cc1cc(OC(C)C)ccc1NS(N)(=O)=O. The Morgan fingerprint density at radius 2 is 2.00 bits per heavy atom. The molecular weight excluding hydrogens is 228 g/mol. The topological polar surface area (TPSA) is 81.4 Å². The first-order valence-electron chi connectivity index (χ1n) is 4.86. The lowest BCUT2D eigenvalue weighted by Gasteiger charge is -2.12. The van der Waals surface area contributed by atoms with Crippen molar-refractivity contribution in [1.29, 1.82) is 0 Å². The number of hydrogen-bond donors (Lipinski definition) is 2. The number of aryl methyl sites for hydroxylation is 1. The predicted molar refractivity (Wildman–Crippen MR) is 63.7 cm³/mol. The maximum absolute atomic E-state index is 10.9. The number of nitrogens with one attached hydrogen (secondary N) is 1. The quantitative estimate of drug-likeness (QED) is 0.840. The van der Waals surface area contributed by atoms with Crippen LogP contribution in [0.2, 0.25) is 0 Å². The fourth-order valence-electron chi connectivity index (χ4n) is 1.25. The summed E-state index contributed by atoms with van der Waals surface area (Å²) in [6.07, 6.45) is 0.0800. The zero-order chi connectivity index (χ0) is 12.3. The van der Waals surface area contributed by atoms with Crippen LogP contribution in [0.1, 0.15) is 19.4 Å². The molecule has 0 radical (unpaired) electrons. The molecule has 1 rings (SSSR count). The Balaban J connectivity index is 2.92. The number of hydrogen-bond acceptors (Lipinski definition) is 3. The highest BCUT2D eigenvalue weighted by molar-refractivity contribution is 7.90. The van der Waals surface area contributed by atoms with Crippen LogP contribution in [0.25, 0.3) is 0 Å². The van der Waals surface area contributed by atoms with E-state index in [9.17, 15) is 8.42 Å². The van der Waals surface area contributed by atoms with Gasteiger partial charge in [0.1, 0.15) is 5.75 Å². The highest BCUT2D eigenvalue weighted by Crippen LogP contribution is 2.22. The molecule has 0 aliphatic carbocycles. The van der Waals surface area contributed by atoms with Crippen LogP contribution >= 0.6 is 0 Å². The highest BCUT2D eigenvalue weighted by Gasteiger charge is 2.06. The lowest BCUT2D eigenvalue weighted by atomic mass is 10.2. The molecule has 3 N–H and O–H groups in total. The zero-order valence-electron chi connectivity index (χ0n) is 9.52. The zero-order valence-corrected chi connectivity index (χ0v) is 10.3. The first-order chi connectivity index (χ1) is 7.28. The molecule has 0 saturated heterocycles. The molecule has 16 heavy (non-hydrogen) atoms. The Morgan fingerprint density at radius 3 is 2.44 bits per heavy atom. The van der Waals surface area contributed by atoms with Gasteiger partial charge in [-0.1, -0.05) is 0 Å². The van der Waals surface area contributed by atoms with E-state index in [1.54, 1.807) is 25.1 Å². The summed E-state index contributed by atoms with van der Waals surface area (Å²) >= 11 is 0. The van der Waals surface area contributed by atoms with Crippen molar-refractivity contribution in [2.24, 2.45) is 5.14 Å². The second-order valence-electron chi connectivity index (χ2n) is 3.79. The van der Waals surface area contributed by atoms with Gasteiger partial charge in [0.25, 0.3) is 10.2 Å². The molecule has 0 aliphatic heterocycles. The van der Waals surface area contributed by atoms with Crippen molar-refractivity contribution in [1.82, 2.24) is 0 Å². The molecule has 0 fully saturated rings. The summed E-state index contributed by atoms with van der Waals surface area (Å²) in [7, 11) is -3.73. The Bertz CT molecular complexity index is 469. The molecule has 0 atom stereocenters. The smallest absolute Gasteiger partial charge is 0.296 e. The third-order valence-electron chi connectivity index (χ3n) is 1.82. The third kappa shape index (κ3) is 4.08. The Morgan fingerprint density at radius 1 is 1.38 bits per heavy atom. The second kappa shape index (κ2) is 4.71. The number of rotatable bonds is 4. The van der Waals surface area contributed by atoms with Crippen molar-refractivity contribution in [2.75, 3.05) is 4.72 Å². The minimum atomic E-state index is -3.73. The third-order valence-corrected chi connectivity index (χ3v) is 2.33. The van der Waals surface area contributed by atoms with E-state index in [4.69, 9.17) is 9.88 Å². The van der Waals surface area contributed by atoms with Gasteiger partial charge in [0, 0.05) is 0 Å². The average molecular weight is 244 g/mol. The molecule has 90 valence electrons. The largest absolute Gasteiger partial charge is 0.491 e. The number of benzene rings is 1. The number of ether oxygens (including phenoxy) is 1. The maximum atomic E-state index is 10.9. The Labute approximate surface area is 95.8 Å². The summed E-state index contributed by atoms with van der Waals surface area (Å²) in [5.41, 5.74) is 1.21. The van der Waals surface area contributed by atoms with Gasteiger partial charge in [0.2, 0.25) is 0 Å². The van der Waals surface area contributed by atoms with Crippen molar-refractivity contribution >= 4 is 15.9 Å². The van der Waals surface area contributed by atoms with Gasteiger partial charge in [-0.2, -0.15) is 8.42 Å². The average Bonchev–Trinajstić information content (AvgIpc) is 2.06. The van der Waals surface area contributed by atoms with Crippen LogP contribution in [0.3, 0.4) is 0 Å². The first kappa shape index (κ1) is 12.8. The van der Waals surface area contributed by atoms with Gasteiger partial charge < -0.3 is 4.74 Å². The summed E-state index contributed by atoms with van der Waals surface area (Å²) in [4.78, 5) is 0. The van der Waals surface area contributed by atoms with Crippen LogP contribution in [-0.4, -0.2) is 14.5 Å². The molecule has 0 bridgehead atoms. The molecule has 1 aromatic rings. The highest BCUT2D eigenvalue weighted by atomic mass is 32.2. The molecule has 1 aromatic carbocycles. The summed E-state index contributed by atoms with van der Waals surface area (Å²) < 4.78 is 29.4. The molecule has 6 heteroatoms. The number of nitrogens with two attached hydrogens (primary N) is 1. The van der Waals surface area contributed by atoms with E-state index in [0.717, 1.165) is 5.56 Å². The van der Waals surface area contributed by atoms with Crippen molar-refractivity contribution < 1.29 is 13.2 Å². The summed E-state index contributed by atoms with van der Waals surface area (Å²) in [6, 6.07) is 5.07. The molecular formula is C10H16N2O3S. The van der Waals surface area contributed by atoms with E-state index in [1.165, 1.54) is 0 Å². The summed E-state index contributed by atoms with van der Waals surface area (Å²) in [6.45, 7) is 5.62. The van der Waals surface area contributed by atoms with Crippen molar-refractivity contribution in [3.05, 3.63) is 23.8 Å². The summed E-state index contributed by atoms with van der Waals surface area (Å²) in [5.74, 6) is 0.701. The van der Waals surface area contributed by atoms with E-state index in [2.05, 4.69) is 4.72 Å². The normalized spacial score (nSPS) is 11.6. The van der Waals surface area contributed by atoms with Gasteiger partial charge in [-0.3, -0.25) is 4.72 Å². The van der Waals surface area contributed by atoms with E-state index < -0.39 is 10.2 Å². The molecule has 0 aromatic heterocycles. The molecule has 0 heterocycles. The van der Waals surface area contributed by atoms with Crippen LogP contribution in [0.5, 0.6) is 5.75 Å². The fraction of sp³-hybridized carbons (Fsp3) is 0.400. The van der Waals surface area contributed by atoms with E-state index >= 15 is 0 Å². The van der Waals surface area contributed by atoms with Crippen molar-refractivity contribution in [3.8, 4) is 5.75 Å². The van der Waals surface area contributed by atoms with Crippen LogP contribution in [-0.2, 0) is 10.2 Å². The van der Waals surface area contributed by atoms with Gasteiger partial charge in [0.15, 0.2) is 0 Å². The summed E-state index contributed by atoms with van der Waals surface area (Å²) in [5, 5.41) is 4.89. The minimum absolute atomic E-state index is 0.0800. The van der Waals surface area contributed by atoms with Gasteiger partial charge in [-0.05, 0) is 44.5 Å². The predicted octanol–water partition coefficient (Wildman–Crippen LogP) is 1.40. The fourth-order valence-corrected chi connectivity index (χ4v) is 1.78. The minimum Gasteiger partial charge on any atom is -0.491 e. The van der Waals surface area contributed by atoms with Crippen molar-refractivity contribution in [3.63, 3.8) is 0 Å². The maximum Gasteiger partial charge on any atom is 0.296 e. The van der Waals surface area contributed by atoms with Crippen LogP contribution in [0, 0.1) is 6.92 Å². The molecule has 0 aliphatic rings. The monoisotopic (exact) mass is 244 g/mol. The van der Waals surface area contributed by atoms with Crippen LogP contribution in [0.4, 0.5) is 5.69 Å². The molecule has 0 amide bonds. The lowest BCUT2D eigenvalue weighted by molar-refractivity contribution is 0.242. The van der Waals surface area contributed by atoms with Crippen LogP contribution in [0.15, 0.2) is 18.2 Å². The lowest BCUT2D eigenvalue weighted by Crippen LogP contribution is -2.22. The Kier molecular flexibility index (Phi) is 3.77. The number of anilines is 1. The molecule has 5 nitrogen and oxygen atoms in total. The van der Waals surface area contributed by atoms with Gasteiger partial charge >= 0.3 is 0 Å². The molecule has 0 saturated carbocycles. The van der Waals surface area contributed by atoms with Crippen molar-refractivity contribution in [2.45, 2.75) is 26.9 Å². The molecule has 0 spiro atoms. The van der Waals surface area contributed by atoms with E-state index in [1.807, 2.05) is 13.8 Å². The Hall–Kier alpha value is -1.27. The van der Waals surface area contributed by atoms with Crippen LogP contribution < -0.4 is 14.6 Å².